The lowest BCUT2D eigenvalue weighted by atomic mass is 9.86. The molecule has 0 saturated carbocycles. The van der Waals surface area contributed by atoms with Crippen LogP contribution in [0, 0.1) is 0 Å². The van der Waals surface area contributed by atoms with Crippen LogP contribution in [0.5, 0.6) is 5.75 Å². The maximum absolute atomic E-state index is 12.9. The van der Waals surface area contributed by atoms with Crippen LogP contribution in [-0.4, -0.2) is 10.5 Å². The Hall–Kier alpha value is -3.09. The fraction of sp³-hybridized carbons (Fsp3) is 0.200. The Labute approximate surface area is 151 Å². The standard InChI is InChI=1S/C20H14F3NO3/c1-24-15-5-3-2-4-13(15)18-17(19(24)26)14(10-16(25)27-18)11-6-8-12(9-7-11)20(21,22)23/h2-9,14H,10H2,1H3/t14-/m0/s1. The average molecular weight is 373 g/mol. The van der Waals surface area contributed by atoms with Crippen LogP contribution in [0.15, 0.2) is 53.3 Å². The summed E-state index contributed by atoms with van der Waals surface area (Å²) < 4.78 is 45.3. The zero-order valence-electron chi connectivity index (χ0n) is 14.2. The van der Waals surface area contributed by atoms with E-state index in [0.717, 1.165) is 12.1 Å². The summed E-state index contributed by atoms with van der Waals surface area (Å²) in [6.07, 6.45) is -4.56. The lowest BCUT2D eigenvalue weighted by molar-refractivity contribution is -0.138. The van der Waals surface area contributed by atoms with E-state index in [-0.39, 0.29) is 23.3 Å². The number of pyridine rings is 1. The van der Waals surface area contributed by atoms with E-state index < -0.39 is 23.6 Å². The number of aryl methyl sites for hydroxylation is 1. The third-order valence-corrected chi connectivity index (χ3v) is 4.87. The molecule has 0 saturated heterocycles. The van der Waals surface area contributed by atoms with Gasteiger partial charge in [-0.1, -0.05) is 24.3 Å². The average Bonchev–Trinajstić information content (AvgIpc) is 2.65. The highest BCUT2D eigenvalue weighted by molar-refractivity contribution is 5.91. The molecule has 1 aliphatic heterocycles. The van der Waals surface area contributed by atoms with Gasteiger partial charge in [-0.3, -0.25) is 9.59 Å². The second kappa shape index (κ2) is 5.97. The van der Waals surface area contributed by atoms with Crippen LogP contribution in [0.3, 0.4) is 0 Å². The van der Waals surface area contributed by atoms with Crippen LogP contribution in [-0.2, 0) is 18.0 Å². The third-order valence-electron chi connectivity index (χ3n) is 4.87. The fourth-order valence-electron chi connectivity index (χ4n) is 3.52. The minimum Gasteiger partial charge on any atom is -0.425 e. The molecule has 3 aromatic rings. The van der Waals surface area contributed by atoms with Crippen LogP contribution < -0.4 is 10.3 Å². The maximum Gasteiger partial charge on any atom is 0.416 e. The summed E-state index contributed by atoms with van der Waals surface area (Å²) in [5.41, 5.74) is 0.253. The Morgan fingerprint density at radius 2 is 1.70 bits per heavy atom. The fourth-order valence-corrected chi connectivity index (χ4v) is 3.52. The summed E-state index contributed by atoms with van der Waals surface area (Å²) >= 11 is 0. The van der Waals surface area contributed by atoms with Crippen LogP contribution >= 0.6 is 0 Å². The first-order valence-electron chi connectivity index (χ1n) is 8.27. The smallest absolute Gasteiger partial charge is 0.416 e. The van der Waals surface area contributed by atoms with E-state index >= 15 is 0 Å². The Morgan fingerprint density at radius 3 is 2.37 bits per heavy atom. The number of hydrogen-bond acceptors (Lipinski definition) is 3. The zero-order valence-corrected chi connectivity index (χ0v) is 14.2. The van der Waals surface area contributed by atoms with Gasteiger partial charge in [0, 0.05) is 18.4 Å². The molecule has 7 heteroatoms. The molecule has 0 bridgehead atoms. The summed E-state index contributed by atoms with van der Waals surface area (Å²) in [6.45, 7) is 0. The number of alkyl halides is 3. The molecule has 0 unspecified atom stereocenters. The Bertz CT molecular complexity index is 1110. The normalized spacial score (nSPS) is 16.9. The number of esters is 1. The second-order valence-electron chi connectivity index (χ2n) is 6.47. The van der Waals surface area contributed by atoms with E-state index in [9.17, 15) is 22.8 Å². The number of ether oxygens (including phenoxy) is 1. The number of halogens is 3. The Balaban J connectivity index is 1.94. The van der Waals surface area contributed by atoms with Crippen molar-refractivity contribution < 1.29 is 22.7 Å². The number of para-hydroxylation sites is 1. The van der Waals surface area contributed by atoms with Crippen LogP contribution in [0.1, 0.15) is 29.0 Å². The lowest BCUT2D eigenvalue weighted by Crippen LogP contribution is -2.31. The first-order valence-corrected chi connectivity index (χ1v) is 8.27. The molecule has 0 aliphatic carbocycles. The number of hydrogen-bond donors (Lipinski definition) is 0. The summed E-state index contributed by atoms with van der Waals surface area (Å²) in [4.78, 5) is 25.1. The molecule has 0 fully saturated rings. The number of carbonyl (C=O) groups is 1. The molecule has 2 aromatic carbocycles. The van der Waals surface area contributed by atoms with E-state index in [4.69, 9.17) is 4.74 Å². The summed E-state index contributed by atoms with van der Waals surface area (Å²) in [5, 5.41) is 0.611. The molecular weight excluding hydrogens is 359 g/mol. The van der Waals surface area contributed by atoms with Gasteiger partial charge in [-0.05, 0) is 29.8 Å². The van der Waals surface area contributed by atoms with Gasteiger partial charge in [0.1, 0.15) is 5.75 Å². The molecule has 0 spiro atoms. The second-order valence-corrected chi connectivity index (χ2v) is 6.47. The molecular formula is C20H14F3NO3. The zero-order chi connectivity index (χ0) is 19.3. The van der Waals surface area contributed by atoms with Gasteiger partial charge in [0.25, 0.3) is 5.56 Å². The molecule has 4 rings (SSSR count). The van der Waals surface area contributed by atoms with E-state index in [1.165, 1.54) is 16.7 Å². The van der Waals surface area contributed by atoms with Gasteiger partial charge in [-0.25, -0.2) is 0 Å². The Morgan fingerprint density at radius 1 is 1.04 bits per heavy atom. The molecule has 1 aromatic heterocycles. The predicted molar refractivity (Wildman–Crippen MR) is 92.7 cm³/mol. The number of carbonyl (C=O) groups excluding carboxylic acids is 1. The van der Waals surface area contributed by atoms with Crippen molar-refractivity contribution >= 4 is 16.9 Å². The van der Waals surface area contributed by atoms with Gasteiger partial charge in [-0.15, -0.1) is 0 Å². The highest BCUT2D eigenvalue weighted by Crippen LogP contribution is 2.41. The Kier molecular flexibility index (Phi) is 3.83. The van der Waals surface area contributed by atoms with Crippen molar-refractivity contribution in [2.24, 2.45) is 7.05 Å². The van der Waals surface area contributed by atoms with Crippen LogP contribution in [0.25, 0.3) is 10.9 Å². The van der Waals surface area contributed by atoms with Crippen molar-refractivity contribution in [2.45, 2.75) is 18.5 Å². The van der Waals surface area contributed by atoms with E-state index in [2.05, 4.69) is 0 Å². The van der Waals surface area contributed by atoms with E-state index in [0.29, 0.717) is 16.5 Å². The van der Waals surface area contributed by atoms with Crippen molar-refractivity contribution in [3.63, 3.8) is 0 Å². The molecule has 0 amide bonds. The summed E-state index contributed by atoms with van der Waals surface area (Å²) in [5.74, 6) is -0.993. The summed E-state index contributed by atoms with van der Waals surface area (Å²) in [7, 11) is 1.62. The van der Waals surface area contributed by atoms with Crippen molar-refractivity contribution in [3.8, 4) is 5.75 Å². The van der Waals surface area contributed by atoms with Crippen LogP contribution in [0.4, 0.5) is 13.2 Å². The van der Waals surface area contributed by atoms with Crippen molar-refractivity contribution in [3.05, 3.63) is 75.6 Å². The van der Waals surface area contributed by atoms with Crippen molar-refractivity contribution in [2.75, 3.05) is 0 Å². The quantitative estimate of drug-likeness (QED) is 0.606. The van der Waals surface area contributed by atoms with Gasteiger partial charge in [-0.2, -0.15) is 13.2 Å². The largest absolute Gasteiger partial charge is 0.425 e. The maximum atomic E-state index is 12.9. The first kappa shape index (κ1) is 17.3. The molecule has 0 radical (unpaired) electrons. The van der Waals surface area contributed by atoms with Gasteiger partial charge in [0.05, 0.1) is 23.1 Å². The third kappa shape index (κ3) is 2.79. The van der Waals surface area contributed by atoms with Gasteiger partial charge < -0.3 is 9.30 Å². The summed E-state index contributed by atoms with van der Waals surface area (Å²) in [6, 6.07) is 11.6. The SMILES string of the molecule is Cn1c(=O)c2c(c3ccccc31)OC(=O)C[C@H]2c1ccc(C(F)(F)F)cc1. The molecule has 4 nitrogen and oxygen atoms in total. The lowest BCUT2D eigenvalue weighted by Gasteiger charge is -2.26. The van der Waals surface area contributed by atoms with E-state index in [1.54, 1.807) is 31.3 Å². The number of aromatic nitrogens is 1. The van der Waals surface area contributed by atoms with Gasteiger partial charge in [0.15, 0.2) is 0 Å². The number of nitrogens with zero attached hydrogens (tertiary/aromatic N) is 1. The highest BCUT2D eigenvalue weighted by atomic mass is 19.4. The molecule has 1 aliphatic rings. The molecule has 2 heterocycles. The molecule has 1 atom stereocenters. The molecule has 138 valence electrons. The van der Waals surface area contributed by atoms with E-state index in [1.807, 2.05) is 0 Å². The first-order chi connectivity index (χ1) is 12.8. The number of rotatable bonds is 1. The predicted octanol–water partition coefficient (Wildman–Crippen LogP) is 4.00. The molecule has 27 heavy (non-hydrogen) atoms. The highest BCUT2D eigenvalue weighted by Gasteiger charge is 2.35. The minimum absolute atomic E-state index is 0.105. The molecule has 0 N–H and O–H groups in total. The number of fused-ring (bicyclic) bond motifs is 3. The monoisotopic (exact) mass is 373 g/mol. The van der Waals surface area contributed by atoms with Gasteiger partial charge in [0.2, 0.25) is 0 Å². The number of benzene rings is 2. The topological polar surface area (TPSA) is 48.3 Å². The minimum atomic E-state index is -4.45. The van der Waals surface area contributed by atoms with Gasteiger partial charge >= 0.3 is 12.1 Å². The van der Waals surface area contributed by atoms with Crippen molar-refractivity contribution in [1.29, 1.82) is 0 Å². The van der Waals surface area contributed by atoms with Crippen molar-refractivity contribution in [1.82, 2.24) is 4.57 Å². The van der Waals surface area contributed by atoms with Crippen LogP contribution in [0.2, 0.25) is 0 Å².